The van der Waals surface area contributed by atoms with Gasteiger partial charge in [0.2, 0.25) is 17.5 Å². The Morgan fingerprint density at radius 1 is 1.50 bits per heavy atom. The summed E-state index contributed by atoms with van der Waals surface area (Å²) in [6, 6.07) is 7.08. The van der Waals surface area contributed by atoms with Crippen LogP contribution in [0, 0.1) is 11.3 Å². The molecule has 0 atom stereocenters. The standard InChI is InChI=1S/C10H5BrClN3O/c11-5-1-2-6(7(12)3-5)10-15-8(4-13)9(14)16-10/h1-3H,14H2. The summed E-state index contributed by atoms with van der Waals surface area (Å²) in [5, 5.41) is 9.17. The van der Waals surface area contributed by atoms with Crippen LogP contribution in [0.5, 0.6) is 0 Å². The van der Waals surface area contributed by atoms with E-state index < -0.39 is 0 Å². The van der Waals surface area contributed by atoms with Crippen LogP contribution in [0.4, 0.5) is 5.88 Å². The van der Waals surface area contributed by atoms with Gasteiger partial charge in [-0.15, -0.1) is 0 Å². The lowest BCUT2D eigenvalue weighted by Crippen LogP contribution is -1.84. The van der Waals surface area contributed by atoms with Crippen molar-refractivity contribution in [3.63, 3.8) is 0 Å². The summed E-state index contributed by atoms with van der Waals surface area (Å²) < 4.78 is 6.01. The van der Waals surface area contributed by atoms with E-state index in [0.717, 1.165) is 4.47 Å². The van der Waals surface area contributed by atoms with Crippen molar-refractivity contribution in [1.29, 1.82) is 5.26 Å². The van der Waals surface area contributed by atoms with Crippen molar-refractivity contribution in [3.8, 4) is 17.5 Å². The fourth-order valence-corrected chi connectivity index (χ4v) is 1.94. The maximum absolute atomic E-state index is 8.70. The lowest BCUT2D eigenvalue weighted by atomic mass is 10.2. The van der Waals surface area contributed by atoms with Gasteiger partial charge in [0.25, 0.3) is 0 Å². The number of nitrogen functional groups attached to an aromatic ring is 1. The molecule has 0 unspecified atom stereocenters. The fourth-order valence-electron chi connectivity index (χ4n) is 1.19. The summed E-state index contributed by atoms with van der Waals surface area (Å²) in [4.78, 5) is 3.94. The molecule has 1 aromatic carbocycles. The molecular formula is C10H5BrClN3O. The molecule has 4 nitrogen and oxygen atoms in total. The molecule has 2 aromatic rings. The smallest absolute Gasteiger partial charge is 0.231 e. The van der Waals surface area contributed by atoms with Crippen molar-refractivity contribution in [1.82, 2.24) is 4.98 Å². The highest BCUT2D eigenvalue weighted by Gasteiger charge is 2.14. The molecule has 0 fully saturated rings. The molecule has 0 bridgehead atoms. The Labute approximate surface area is 105 Å². The van der Waals surface area contributed by atoms with Crippen molar-refractivity contribution in [2.45, 2.75) is 0 Å². The zero-order valence-corrected chi connectivity index (χ0v) is 10.2. The average molecular weight is 299 g/mol. The van der Waals surface area contributed by atoms with Gasteiger partial charge in [-0.05, 0) is 18.2 Å². The normalized spacial score (nSPS) is 10.1. The third-order valence-corrected chi connectivity index (χ3v) is 2.73. The van der Waals surface area contributed by atoms with Crippen LogP contribution < -0.4 is 5.73 Å². The molecule has 0 spiro atoms. The first-order valence-electron chi connectivity index (χ1n) is 4.23. The van der Waals surface area contributed by atoms with E-state index in [4.69, 9.17) is 27.0 Å². The van der Waals surface area contributed by atoms with Crippen LogP contribution in [0.1, 0.15) is 5.69 Å². The quantitative estimate of drug-likeness (QED) is 0.877. The van der Waals surface area contributed by atoms with Gasteiger partial charge in [-0.25, -0.2) is 0 Å². The van der Waals surface area contributed by atoms with Gasteiger partial charge in [-0.2, -0.15) is 10.2 Å². The minimum absolute atomic E-state index is 0.00325. The molecule has 80 valence electrons. The minimum atomic E-state index is -0.00325. The van der Waals surface area contributed by atoms with Crippen molar-refractivity contribution in [2.24, 2.45) is 0 Å². The molecule has 0 aliphatic rings. The van der Waals surface area contributed by atoms with Crippen molar-refractivity contribution >= 4 is 33.4 Å². The molecule has 16 heavy (non-hydrogen) atoms. The molecule has 6 heteroatoms. The molecule has 2 N–H and O–H groups in total. The van der Waals surface area contributed by atoms with Crippen LogP contribution >= 0.6 is 27.5 Å². The summed E-state index contributed by atoms with van der Waals surface area (Å²) >= 11 is 9.30. The molecule has 0 aliphatic heterocycles. The summed E-state index contributed by atoms with van der Waals surface area (Å²) in [6.45, 7) is 0. The number of rotatable bonds is 1. The van der Waals surface area contributed by atoms with Crippen LogP contribution in [0.25, 0.3) is 11.5 Å². The van der Waals surface area contributed by atoms with Gasteiger partial charge in [0.15, 0.2) is 0 Å². The van der Waals surface area contributed by atoms with E-state index in [9.17, 15) is 0 Å². The lowest BCUT2D eigenvalue weighted by Gasteiger charge is -1.99. The first-order valence-corrected chi connectivity index (χ1v) is 5.40. The predicted octanol–water partition coefficient (Wildman–Crippen LogP) is 3.21. The Bertz CT molecular complexity index is 588. The summed E-state index contributed by atoms with van der Waals surface area (Å²) in [7, 11) is 0. The highest BCUT2D eigenvalue weighted by Crippen LogP contribution is 2.31. The Balaban J connectivity index is 2.55. The number of nitrogens with zero attached hydrogens (tertiary/aromatic N) is 2. The van der Waals surface area contributed by atoms with Crippen LogP contribution in [-0.2, 0) is 0 Å². The maximum Gasteiger partial charge on any atom is 0.231 e. The van der Waals surface area contributed by atoms with Crippen LogP contribution in [0.2, 0.25) is 5.02 Å². The van der Waals surface area contributed by atoms with Crippen LogP contribution in [-0.4, -0.2) is 4.98 Å². The number of nitriles is 1. The molecule has 0 aliphatic carbocycles. The Morgan fingerprint density at radius 2 is 2.25 bits per heavy atom. The highest BCUT2D eigenvalue weighted by atomic mass is 79.9. The van der Waals surface area contributed by atoms with E-state index in [1.165, 1.54) is 0 Å². The van der Waals surface area contributed by atoms with E-state index in [2.05, 4.69) is 20.9 Å². The lowest BCUT2D eigenvalue weighted by molar-refractivity contribution is 0.593. The van der Waals surface area contributed by atoms with Gasteiger partial charge in [0.05, 0.1) is 10.6 Å². The molecule has 1 heterocycles. The van der Waals surface area contributed by atoms with E-state index in [0.29, 0.717) is 10.6 Å². The van der Waals surface area contributed by atoms with E-state index in [-0.39, 0.29) is 17.5 Å². The molecule has 0 amide bonds. The number of aromatic nitrogens is 1. The molecular weight excluding hydrogens is 293 g/mol. The molecule has 1 aromatic heterocycles. The molecule has 0 saturated heterocycles. The second-order valence-corrected chi connectivity index (χ2v) is 4.29. The minimum Gasteiger partial charge on any atom is -0.419 e. The summed E-state index contributed by atoms with van der Waals surface area (Å²) in [5.74, 6) is 0.239. The van der Waals surface area contributed by atoms with Gasteiger partial charge in [0, 0.05) is 4.47 Å². The van der Waals surface area contributed by atoms with Crippen LogP contribution in [0.3, 0.4) is 0 Å². The fraction of sp³-hybridized carbons (Fsp3) is 0. The van der Waals surface area contributed by atoms with E-state index in [1.54, 1.807) is 18.2 Å². The Hall–Kier alpha value is -1.51. The Morgan fingerprint density at radius 3 is 2.81 bits per heavy atom. The van der Waals surface area contributed by atoms with Gasteiger partial charge < -0.3 is 10.2 Å². The number of oxazole rings is 1. The van der Waals surface area contributed by atoms with Gasteiger partial charge in [-0.3, -0.25) is 0 Å². The van der Waals surface area contributed by atoms with Crippen molar-refractivity contribution < 1.29 is 4.42 Å². The number of halogens is 2. The number of anilines is 1. The molecule has 0 radical (unpaired) electrons. The van der Waals surface area contributed by atoms with Gasteiger partial charge in [-0.1, -0.05) is 27.5 Å². The third-order valence-electron chi connectivity index (χ3n) is 1.92. The summed E-state index contributed by atoms with van der Waals surface area (Å²) in [6.07, 6.45) is 0. The monoisotopic (exact) mass is 297 g/mol. The zero-order valence-electron chi connectivity index (χ0n) is 7.87. The molecule has 2 rings (SSSR count). The SMILES string of the molecule is N#Cc1nc(-c2ccc(Br)cc2Cl)oc1N. The number of hydrogen-bond acceptors (Lipinski definition) is 4. The number of benzene rings is 1. The topological polar surface area (TPSA) is 75.8 Å². The predicted molar refractivity (Wildman–Crippen MR) is 63.8 cm³/mol. The first-order chi connectivity index (χ1) is 7.61. The third kappa shape index (κ3) is 1.90. The Kier molecular flexibility index (Phi) is 2.86. The average Bonchev–Trinajstić information content (AvgIpc) is 2.59. The zero-order chi connectivity index (χ0) is 11.7. The second-order valence-electron chi connectivity index (χ2n) is 2.97. The van der Waals surface area contributed by atoms with E-state index >= 15 is 0 Å². The van der Waals surface area contributed by atoms with Gasteiger partial charge in [0.1, 0.15) is 6.07 Å². The first kappa shape index (κ1) is 11.0. The van der Waals surface area contributed by atoms with Crippen molar-refractivity contribution in [2.75, 3.05) is 5.73 Å². The van der Waals surface area contributed by atoms with Crippen molar-refractivity contribution in [3.05, 3.63) is 33.4 Å². The summed E-state index contributed by atoms with van der Waals surface area (Å²) in [5.41, 5.74) is 6.12. The highest BCUT2D eigenvalue weighted by molar-refractivity contribution is 9.10. The second kappa shape index (κ2) is 4.16. The van der Waals surface area contributed by atoms with Crippen LogP contribution in [0.15, 0.2) is 27.1 Å². The maximum atomic E-state index is 8.70. The number of hydrogen-bond donors (Lipinski definition) is 1. The largest absolute Gasteiger partial charge is 0.419 e. The molecule has 0 saturated carbocycles. The number of nitrogens with two attached hydrogens (primary N) is 1. The van der Waals surface area contributed by atoms with E-state index in [1.807, 2.05) is 6.07 Å². The van der Waals surface area contributed by atoms with Gasteiger partial charge >= 0.3 is 0 Å².